The number of nitrogens with zero attached hydrogens (tertiary/aromatic N) is 1. The van der Waals surface area contributed by atoms with Crippen molar-refractivity contribution in [3.05, 3.63) is 71.9 Å². The first-order valence-electron chi connectivity index (χ1n) is 9.31. The summed E-state index contributed by atoms with van der Waals surface area (Å²) in [5, 5.41) is 2.82. The van der Waals surface area contributed by atoms with E-state index in [1.807, 2.05) is 58.0 Å². The molecule has 1 aromatic heterocycles. The SMILES string of the molecule is Cc1ccc(C(=O)Nc2cccc(Oc3ccc(OC(C)(C)C)cc3)c2)c(N)n1. The first-order valence-corrected chi connectivity index (χ1v) is 9.31. The van der Waals surface area contributed by atoms with Crippen molar-refractivity contribution < 1.29 is 14.3 Å². The molecule has 0 aliphatic carbocycles. The van der Waals surface area contributed by atoms with Gasteiger partial charge >= 0.3 is 0 Å². The Balaban J connectivity index is 1.68. The lowest BCUT2D eigenvalue weighted by Crippen LogP contribution is -2.22. The summed E-state index contributed by atoms with van der Waals surface area (Å²) in [5.74, 6) is 1.92. The number of rotatable bonds is 5. The fourth-order valence-electron chi connectivity index (χ4n) is 2.67. The van der Waals surface area contributed by atoms with Crippen LogP contribution in [0.15, 0.2) is 60.7 Å². The highest BCUT2D eigenvalue weighted by atomic mass is 16.5. The summed E-state index contributed by atoms with van der Waals surface area (Å²) in [5.41, 5.74) is 7.28. The third kappa shape index (κ3) is 5.72. The van der Waals surface area contributed by atoms with Crippen LogP contribution in [0.4, 0.5) is 11.5 Å². The number of amides is 1. The largest absolute Gasteiger partial charge is 0.488 e. The molecule has 6 heteroatoms. The third-order valence-corrected chi connectivity index (χ3v) is 3.88. The summed E-state index contributed by atoms with van der Waals surface area (Å²) >= 11 is 0. The number of benzene rings is 2. The number of anilines is 2. The number of nitrogens with two attached hydrogens (primary N) is 1. The number of carbonyl (C=O) groups excluding carboxylic acids is 1. The normalized spacial score (nSPS) is 11.0. The van der Waals surface area contributed by atoms with E-state index in [2.05, 4.69) is 10.3 Å². The summed E-state index contributed by atoms with van der Waals surface area (Å²) in [4.78, 5) is 16.6. The van der Waals surface area contributed by atoms with Crippen molar-refractivity contribution >= 4 is 17.4 Å². The number of carbonyl (C=O) groups is 1. The number of ether oxygens (including phenoxy) is 2. The van der Waals surface area contributed by atoms with Gasteiger partial charge in [-0.3, -0.25) is 4.79 Å². The zero-order chi connectivity index (χ0) is 21.0. The highest BCUT2D eigenvalue weighted by molar-refractivity contribution is 6.07. The Morgan fingerprint density at radius 3 is 2.31 bits per heavy atom. The Morgan fingerprint density at radius 2 is 1.66 bits per heavy atom. The van der Waals surface area contributed by atoms with Gasteiger partial charge in [0.05, 0.1) is 5.56 Å². The van der Waals surface area contributed by atoms with Crippen LogP contribution in [0.25, 0.3) is 0 Å². The Bertz CT molecular complexity index is 1010. The lowest BCUT2D eigenvalue weighted by atomic mass is 10.2. The fraction of sp³-hybridized carbons (Fsp3) is 0.217. The van der Waals surface area contributed by atoms with Gasteiger partial charge in [-0.15, -0.1) is 0 Å². The van der Waals surface area contributed by atoms with E-state index in [0.29, 0.717) is 22.7 Å². The Hall–Kier alpha value is -3.54. The second-order valence-corrected chi connectivity index (χ2v) is 7.66. The van der Waals surface area contributed by atoms with Gasteiger partial charge in [0.15, 0.2) is 0 Å². The number of aromatic nitrogens is 1. The molecule has 3 rings (SSSR count). The molecule has 0 saturated heterocycles. The van der Waals surface area contributed by atoms with Gasteiger partial charge in [0.2, 0.25) is 0 Å². The van der Waals surface area contributed by atoms with Gasteiger partial charge in [-0.25, -0.2) is 4.98 Å². The number of hydrogen-bond donors (Lipinski definition) is 2. The van der Waals surface area contributed by atoms with Crippen LogP contribution in [0.1, 0.15) is 36.8 Å². The average molecular weight is 391 g/mol. The van der Waals surface area contributed by atoms with Crippen molar-refractivity contribution in [2.45, 2.75) is 33.3 Å². The summed E-state index contributed by atoms with van der Waals surface area (Å²) in [7, 11) is 0. The summed E-state index contributed by atoms with van der Waals surface area (Å²) in [6.45, 7) is 7.81. The quantitative estimate of drug-likeness (QED) is 0.625. The summed E-state index contributed by atoms with van der Waals surface area (Å²) in [6.07, 6.45) is 0. The van der Waals surface area contributed by atoms with Crippen molar-refractivity contribution in [3.63, 3.8) is 0 Å². The van der Waals surface area contributed by atoms with E-state index in [4.69, 9.17) is 15.2 Å². The molecule has 6 nitrogen and oxygen atoms in total. The van der Waals surface area contributed by atoms with Crippen LogP contribution in [0.3, 0.4) is 0 Å². The Kier molecular flexibility index (Phi) is 5.73. The molecule has 0 aliphatic rings. The molecule has 0 unspecified atom stereocenters. The highest BCUT2D eigenvalue weighted by Gasteiger charge is 2.13. The van der Waals surface area contributed by atoms with Gasteiger partial charge < -0.3 is 20.5 Å². The maximum atomic E-state index is 12.5. The number of pyridine rings is 1. The van der Waals surface area contributed by atoms with Gasteiger partial charge in [-0.2, -0.15) is 0 Å². The average Bonchev–Trinajstić information content (AvgIpc) is 2.62. The molecule has 3 aromatic rings. The van der Waals surface area contributed by atoms with Crippen molar-refractivity contribution in [2.75, 3.05) is 11.1 Å². The molecule has 150 valence electrons. The number of nitrogen functional groups attached to an aromatic ring is 1. The molecular weight excluding hydrogens is 366 g/mol. The lowest BCUT2D eigenvalue weighted by Gasteiger charge is -2.21. The standard InChI is InChI=1S/C23H25N3O3/c1-15-8-13-20(21(24)25-15)22(27)26-16-6-5-7-19(14-16)28-17-9-11-18(12-10-17)29-23(2,3)4/h5-14H,1-4H3,(H2,24,25)(H,26,27). The van der Waals surface area contributed by atoms with Crippen LogP contribution < -0.4 is 20.5 Å². The van der Waals surface area contributed by atoms with Gasteiger partial charge in [-0.05, 0) is 76.2 Å². The smallest absolute Gasteiger partial charge is 0.259 e. The molecule has 1 amide bonds. The van der Waals surface area contributed by atoms with E-state index in [-0.39, 0.29) is 17.3 Å². The topological polar surface area (TPSA) is 86.5 Å². The number of hydrogen-bond acceptors (Lipinski definition) is 5. The summed E-state index contributed by atoms with van der Waals surface area (Å²) in [6, 6.07) is 18.0. The minimum Gasteiger partial charge on any atom is -0.488 e. The summed E-state index contributed by atoms with van der Waals surface area (Å²) < 4.78 is 11.7. The molecule has 1 heterocycles. The van der Waals surface area contributed by atoms with Crippen LogP contribution in [0, 0.1) is 6.92 Å². The van der Waals surface area contributed by atoms with Gasteiger partial charge in [-0.1, -0.05) is 6.07 Å². The van der Waals surface area contributed by atoms with Crippen LogP contribution in [0.2, 0.25) is 0 Å². The fourth-order valence-corrected chi connectivity index (χ4v) is 2.67. The van der Waals surface area contributed by atoms with Gasteiger partial charge in [0.1, 0.15) is 28.7 Å². The van der Waals surface area contributed by atoms with E-state index in [9.17, 15) is 4.79 Å². The zero-order valence-electron chi connectivity index (χ0n) is 17.0. The molecule has 3 N–H and O–H groups in total. The molecule has 0 spiro atoms. The first-order chi connectivity index (χ1) is 13.7. The number of aryl methyl sites for hydroxylation is 1. The van der Waals surface area contributed by atoms with E-state index in [1.165, 1.54) is 0 Å². The molecule has 0 saturated carbocycles. The Morgan fingerprint density at radius 1 is 0.966 bits per heavy atom. The second kappa shape index (κ2) is 8.22. The van der Waals surface area contributed by atoms with Gasteiger partial charge in [0, 0.05) is 17.4 Å². The van der Waals surface area contributed by atoms with Crippen LogP contribution in [-0.2, 0) is 0 Å². The highest BCUT2D eigenvalue weighted by Crippen LogP contribution is 2.27. The lowest BCUT2D eigenvalue weighted by molar-refractivity contribution is 0.102. The van der Waals surface area contributed by atoms with Crippen molar-refractivity contribution in [3.8, 4) is 17.2 Å². The van der Waals surface area contributed by atoms with Crippen LogP contribution in [-0.4, -0.2) is 16.5 Å². The predicted molar refractivity (Wildman–Crippen MR) is 115 cm³/mol. The van der Waals surface area contributed by atoms with E-state index < -0.39 is 0 Å². The van der Waals surface area contributed by atoms with E-state index >= 15 is 0 Å². The van der Waals surface area contributed by atoms with Crippen LogP contribution >= 0.6 is 0 Å². The predicted octanol–water partition coefficient (Wildman–Crippen LogP) is 5.19. The van der Waals surface area contributed by atoms with Crippen LogP contribution in [0.5, 0.6) is 17.2 Å². The molecule has 29 heavy (non-hydrogen) atoms. The minimum atomic E-state index is -0.323. The van der Waals surface area contributed by atoms with Crippen molar-refractivity contribution in [1.82, 2.24) is 4.98 Å². The van der Waals surface area contributed by atoms with E-state index in [0.717, 1.165) is 11.4 Å². The first kappa shape index (κ1) is 20.2. The third-order valence-electron chi connectivity index (χ3n) is 3.88. The van der Waals surface area contributed by atoms with E-state index in [1.54, 1.807) is 30.3 Å². The molecular formula is C23H25N3O3. The number of nitrogens with one attached hydrogen (secondary N) is 1. The maximum absolute atomic E-state index is 12.5. The molecule has 0 bridgehead atoms. The van der Waals surface area contributed by atoms with Crippen molar-refractivity contribution in [2.24, 2.45) is 0 Å². The molecule has 0 fully saturated rings. The van der Waals surface area contributed by atoms with Crippen molar-refractivity contribution in [1.29, 1.82) is 0 Å². The molecule has 0 radical (unpaired) electrons. The molecule has 0 atom stereocenters. The molecule has 0 aliphatic heterocycles. The molecule has 2 aromatic carbocycles. The zero-order valence-corrected chi connectivity index (χ0v) is 17.0. The minimum absolute atomic E-state index is 0.201. The maximum Gasteiger partial charge on any atom is 0.259 e. The Labute approximate surface area is 170 Å². The van der Waals surface area contributed by atoms with Gasteiger partial charge in [0.25, 0.3) is 5.91 Å². The monoisotopic (exact) mass is 391 g/mol. The second-order valence-electron chi connectivity index (χ2n) is 7.66.